The van der Waals surface area contributed by atoms with Gasteiger partial charge in [-0.25, -0.2) is 0 Å². The normalized spacial score (nSPS) is 19.7. The van der Waals surface area contributed by atoms with E-state index in [1.54, 1.807) is 12.1 Å². The Morgan fingerprint density at radius 3 is 2.71 bits per heavy atom. The van der Waals surface area contributed by atoms with Crippen LogP contribution in [0.1, 0.15) is 12.0 Å². The maximum Gasteiger partial charge on any atom is 0.218 e. The number of benzene rings is 1. The molecule has 0 saturated heterocycles. The Bertz CT molecular complexity index is 405. The van der Waals surface area contributed by atoms with Gasteiger partial charge in [0.05, 0.1) is 5.71 Å². The van der Waals surface area contributed by atoms with Crippen LogP contribution in [0.3, 0.4) is 0 Å². The lowest BCUT2D eigenvalue weighted by Gasteiger charge is -1.97. The summed E-state index contributed by atoms with van der Waals surface area (Å²) >= 11 is 5.75. The zero-order chi connectivity index (χ0) is 9.97. The number of rotatable bonds is 1. The fourth-order valence-electron chi connectivity index (χ4n) is 1.26. The molecule has 4 heteroatoms. The molecule has 0 fully saturated rings. The minimum absolute atomic E-state index is 0.444. The Kier molecular flexibility index (Phi) is 2.38. The predicted molar refractivity (Wildman–Crippen MR) is 53.1 cm³/mol. The van der Waals surface area contributed by atoms with E-state index in [9.17, 15) is 0 Å². The first-order valence-electron chi connectivity index (χ1n) is 4.18. The van der Waals surface area contributed by atoms with Crippen LogP contribution in [0.15, 0.2) is 29.4 Å². The van der Waals surface area contributed by atoms with E-state index < -0.39 is 6.10 Å². The molecule has 1 aliphatic heterocycles. The first-order valence-corrected chi connectivity index (χ1v) is 4.55. The van der Waals surface area contributed by atoms with E-state index in [0.717, 1.165) is 11.3 Å². The molecule has 1 atom stereocenters. The van der Waals surface area contributed by atoms with Crippen LogP contribution in [0.25, 0.3) is 0 Å². The van der Waals surface area contributed by atoms with Crippen molar-refractivity contribution in [3.05, 3.63) is 34.9 Å². The fourth-order valence-corrected chi connectivity index (χ4v) is 1.39. The topological polar surface area (TPSA) is 45.4 Å². The van der Waals surface area contributed by atoms with Gasteiger partial charge in [-0.1, -0.05) is 28.9 Å². The Hall–Kier alpha value is -1.53. The van der Waals surface area contributed by atoms with E-state index in [1.165, 1.54) is 0 Å². The smallest absolute Gasteiger partial charge is 0.218 e. The highest BCUT2D eigenvalue weighted by Crippen LogP contribution is 2.17. The lowest BCUT2D eigenvalue weighted by molar-refractivity contribution is 0.125. The minimum atomic E-state index is -0.444. The van der Waals surface area contributed by atoms with Crippen molar-refractivity contribution in [3.8, 4) is 6.07 Å². The van der Waals surface area contributed by atoms with Gasteiger partial charge >= 0.3 is 0 Å². The summed E-state index contributed by atoms with van der Waals surface area (Å²) in [5.74, 6) is 0. The third-order valence-electron chi connectivity index (χ3n) is 1.99. The van der Waals surface area contributed by atoms with Gasteiger partial charge < -0.3 is 4.84 Å². The zero-order valence-electron chi connectivity index (χ0n) is 7.27. The Morgan fingerprint density at radius 2 is 2.14 bits per heavy atom. The van der Waals surface area contributed by atoms with Crippen molar-refractivity contribution >= 4 is 17.3 Å². The number of hydrogen-bond donors (Lipinski definition) is 0. The van der Waals surface area contributed by atoms with Crippen molar-refractivity contribution in [2.24, 2.45) is 5.16 Å². The maximum absolute atomic E-state index is 8.61. The largest absolute Gasteiger partial charge is 0.376 e. The van der Waals surface area contributed by atoms with Gasteiger partial charge in [-0.3, -0.25) is 0 Å². The highest BCUT2D eigenvalue weighted by atomic mass is 35.5. The summed E-state index contributed by atoms with van der Waals surface area (Å²) in [6.45, 7) is 0. The molecule has 0 radical (unpaired) electrons. The van der Waals surface area contributed by atoms with Gasteiger partial charge in [0.15, 0.2) is 0 Å². The van der Waals surface area contributed by atoms with Gasteiger partial charge in [0, 0.05) is 11.4 Å². The van der Waals surface area contributed by atoms with Crippen molar-refractivity contribution in [1.29, 1.82) is 5.26 Å². The number of nitrogens with zero attached hydrogens (tertiary/aromatic N) is 2. The molecule has 0 aliphatic carbocycles. The van der Waals surface area contributed by atoms with Gasteiger partial charge in [0.1, 0.15) is 6.07 Å². The molecular formula is C10H7ClN2O. The summed E-state index contributed by atoms with van der Waals surface area (Å²) in [7, 11) is 0. The summed E-state index contributed by atoms with van der Waals surface area (Å²) in [6.07, 6.45) is 0.0960. The molecular weight excluding hydrogens is 200 g/mol. The van der Waals surface area contributed by atoms with Crippen molar-refractivity contribution in [2.45, 2.75) is 12.5 Å². The van der Waals surface area contributed by atoms with Gasteiger partial charge in [0.2, 0.25) is 6.10 Å². The Morgan fingerprint density at radius 1 is 1.43 bits per heavy atom. The van der Waals surface area contributed by atoms with E-state index >= 15 is 0 Å². The third-order valence-corrected chi connectivity index (χ3v) is 2.24. The van der Waals surface area contributed by atoms with E-state index in [4.69, 9.17) is 21.7 Å². The lowest BCUT2D eigenvalue weighted by Crippen LogP contribution is -2.04. The molecule has 0 aromatic heterocycles. The molecule has 70 valence electrons. The first-order chi connectivity index (χ1) is 6.79. The summed E-state index contributed by atoms with van der Waals surface area (Å²) in [5, 5.41) is 13.1. The van der Waals surface area contributed by atoms with Crippen molar-refractivity contribution in [2.75, 3.05) is 0 Å². The van der Waals surface area contributed by atoms with Gasteiger partial charge in [-0.05, 0) is 17.7 Å². The van der Waals surface area contributed by atoms with E-state index in [1.807, 2.05) is 18.2 Å². The van der Waals surface area contributed by atoms with Crippen molar-refractivity contribution < 1.29 is 4.84 Å². The highest BCUT2D eigenvalue weighted by molar-refractivity contribution is 6.30. The fraction of sp³-hybridized carbons (Fsp3) is 0.200. The van der Waals surface area contributed by atoms with Crippen LogP contribution in [-0.4, -0.2) is 11.8 Å². The van der Waals surface area contributed by atoms with Crippen LogP contribution >= 0.6 is 11.6 Å². The zero-order valence-corrected chi connectivity index (χ0v) is 8.03. The molecule has 0 N–H and O–H groups in total. The number of halogens is 1. The van der Waals surface area contributed by atoms with E-state index in [0.29, 0.717) is 11.4 Å². The molecule has 3 nitrogen and oxygen atoms in total. The summed E-state index contributed by atoms with van der Waals surface area (Å²) in [6, 6.07) is 9.32. The molecule has 0 spiro atoms. The third kappa shape index (κ3) is 1.70. The van der Waals surface area contributed by atoms with Gasteiger partial charge in [-0.2, -0.15) is 5.26 Å². The Balaban J connectivity index is 2.18. The number of nitriles is 1. The summed E-state index contributed by atoms with van der Waals surface area (Å²) in [5.41, 5.74) is 1.75. The molecule has 0 saturated carbocycles. The number of oxime groups is 1. The molecule has 0 amide bonds. The second-order valence-corrected chi connectivity index (χ2v) is 3.41. The van der Waals surface area contributed by atoms with Gasteiger partial charge in [-0.15, -0.1) is 0 Å². The summed E-state index contributed by atoms with van der Waals surface area (Å²) in [4.78, 5) is 4.89. The highest BCUT2D eigenvalue weighted by Gasteiger charge is 2.21. The second kappa shape index (κ2) is 3.69. The van der Waals surface area contributed by atoms with Crippen LogP contribution in [0.2, 0.25) is 5.02 Å². The number of hydrogen-bond acceptors (Lipinski definition) is 3. The molecule has 2 rings (SSSR count). The SMILES string of the molecule is N#C[C@@H]1CC(c2ccc(Cl)cc2)=NO1. The molecule has 1 heterocycles. The molecule has 14 heavy (non-hydrogen) atoms. The first kappa shape index (κ1) is 9.04. The van der Waals surface area contributed by atoms with Crippen LogP contribution in [0.5, 0.6) is 0 Å². The lowest BCUT2D eigenvalue weighted by atomic mass is 10.1. The molecule has 0 bridgehead atoms. The second-order valence-electron chi connectivity index (χ2n) is 2.97. The standard InChI is InChI=1S/C10H7ClN2O/c11-8-3-1-7(2-4-8)10-5-9(6-12)14-13-10/h1-4,9H,5H2/t9-/m0/s1. The van der Waals surface area contributed by atoms with Crippen LogP contribution in [0.4, 0.5) is 0 Å². The Labute approximate surface area is 86.5 Å². The molecule has 0 unspecified atom stereocenters. The van der Waals surface area contributed by atoms with Crippen molar-refractivity contribution in [3.63, 3.8) is 0 Å². The molecule has 1 aromatic rings. The minimum Gasteiger partial charge on any atom is -0.376 e. The predicted octanol–water partition coefficient (Wildman–Crippen LogP) is 2.36. The molecule has 1 aliphatic rings. The quantitative estimate of drug-likeness (QED) is 0.708. The maximum atomic E-state index is 8.61. The summed E-state index contributed by atoms with van der Waals surface area (Å²) < 4.78 is 0. The van der Waals surface area contributed by atoms with Crippen LogP contribution < -0.4 is 0 Å². The van der Waals surface area contributed by atoms with E-state index in [-0.39, 0.29) is 0 Å². The van der Waals surface area contributed by atoms with Crippen LogP contribution in [-0.2, 0) is 4.84 Å². The van der Waals surface area contributed by atoms with Crippen LogP contribution in [0, 0.1) is 11.3 Å². The average Bonchev–Trinajstić information content (AvgIpc) is 2.67. The van der Waals surface area contributed by atoms with Crippen molar-refractivity contribution in [1.82, 2.24) is 0 Å². The average molecular weight is 207 g/mol. The van der Waals surface area contributed by atoms with E-state index in [2.05, 4.69) is 5.16 Å². The molecule has 1 aromatic carbocycles. The monoisotopic (exact) mass is 206 g/mol. The van der Waals surface area contributed by atoms with Gasteiger partial charge in [0.25, 0.3) is 0 Å².